The van der Waals surface area contributed by atoms with Crippen LogP contribution in [0.25, 0.3) is 0 Å². The molecule has 0 aromatic carbocycles. The Hall–Kier alpha value is -3.16. The Kier molecular flexibility index (Phi) is 5.08. The highest BCUT2D eigenvalue weighted by molar-refractivity contribution is 6.05. The fourth-order valence-corrected chi connectivity index (χ4v) is 2.56. The van der Waals surface area contributed by atoms with E-state index in [1.54, 1.807) is 18.3 Å². The highest BCUT2D eigenvalue weighted by atomic mass is 16.3. The van der Waals surface area contributed by atoms with Gasteiger partial charge in [-0.2, -0.15) is 0 Å². The smallest absolute Gasteiger partial charge is 0.325 e. The lowest BCUT2D eigenvalue weighted by molar-refractivity contribution is -0.131. The van der Waals surface area contributed by atoms with Gasteiger partial charge in [0, 0.05) is 24.9 Å². The highest BCUT2D eigenvalue weighted by Crippen LogP contribution is 2.14. The summed E-state index contributed by atoms with van der Waals surface area (Å²) in [6.07, 6.45) is 3.67. The number of furan rings is 1. The van der Waals surface area contributed by atoms with Gasteiger partial charge in [0.2, 0.25) is 5.91 Å². The molecule has 8 nitrogen and oxygen atoms in total. The van der Waals surface area contributed by atoms with Crippen LogP contribution in [0.1, 0.15) is 17.9 Å². The van der Waals surface area contributed by atoms with Gasteiger partial charge in [-0.05, 0) is 24.3 Å². The molecule has 0 bridgehead atoms. The van der Waals surface area contributed by atoms with Crippen LogP contribution in [0.15, 0.2) is 47.2 Å². The topological polar surface area (TPSA) is 105 Å². The summed E-state index contributed by atoms with van der Waals surface area (Å²) in [5.74, 6) is -0.223. The van der Waals surface area contributed by atoms with E-state index in [0.29, 0.717) is 18.7 Å². The van der Waals surface area contributed by atoms with Crippen LogP contribution in [0.2, 0.25) is 0 Å². The fourth-order valence-electron chi connectivity index (χ4n) is 2.56. The molecule has 1 aliphatic heterocycles. The number of nitrogens with one attached hydrogen (secondary N) is 2. The van der Waals surface area contributed by atoms with Crippen molar-refractivity contribution < 1.29 is 18.8 Å². The number of carbonyl (C=O) groups is 3. The van der Waals surface area contributed by atoms with Crippen LogP contribution in [0.4, 0.5) is 4.79 Å². The van der Waals surface area contributed by atoms with Crippen molar-refractivity contribution in [3.63, 3.8) is 0 Å². The zero-order chi connectivity index (χ0) is 17.6. The predicted octanol–water partition coefficient (Wildman–Crippen LogP) is 0.844. The molecule has 1 fully saturated rings. The molecule has 1 atom stereocenters. The van der Waals surface area contributed by atoms with Crippen molar-refractivity contribution in [2.24, 2.45) is 0 Å². The zero-order valence-corrected chi connectivity index (χ0v) is 13.5. The second-order valence-corrected chi connectivity index (χ2v) is 5.63. The van der Waals surface area contributed by atoms with E-state index in [9.17, 15) is 14.4 Å². The van der Waals surface area contributed by atoms with Gasteiger partial charge in [0.1, 0.15) is 11.8 Å². The van der Waals surface area contributed by atoms with Gasteiger partial charge >= 0.3 is 6.03 Å². The normalized spacial score (nSPS) is 16.8. The van der Waals surface area contributed by atoms with Crippen molar-refractivity contribution in [2.45, 2.75) is 25.4 Å². The Bertz CT molecular complexity index is 745. The Morgan fingerprint density at radius 2 is 2.16 bits per heavy atom. The third-order valence-electron chi connectivity index (χ3n) is 3.82. The molecule has 3 heterocycles. The van der Waals surface area contributed by atoms with E-state index in [0.717, 1.165) is 10.6 Å². The monoisotopic (exact) mass is 342 g/mol. The molecule has 8 heteroatoms. The number of pyridine rings is 1. The summed E-state index contributed by atoms with van der Waals surface area (Å²) in [6, 6.07) is 7.57. The van der Waals surface area contributed by atoms with E-state index in [-0.39, 0.29) is 18.9 Å². The first kappa shape index (κ1) is 16.7. The Balaban J connectivity index is 1.46. The molecule has 1 saturated heterocycles. The molecular weight excluding hydrogens is 324 g/mol. The molecule has 1 unspecified atom stereocenters. The molecule has 3 rings (SSSR count). The van der Waals surface area contributed by atoms with Crippen molar-refractivity contribution in [3.8, 4) is 0 Å². The van der Waals surface area contributed by atoms with Crippen LogP contribution in [-0.4, -0.2) is 40.3 Å². The second kappa shape index (κ2) is 7.61. The number of carbonyl (C=O) groups excluding carboxylic acids is 3. The summed E-state index contributed by atoms with van der Waals surface area (Å²) in [5.41, 5.74) is 0.873. The van der Waals surface area contributed by atoms with Crippen LogP contribution in [0, 0.1) is 0 Å². The van der Waals surface area contributed by atoms with Gasteiger partial charge in [-0.3, -0.25) is 19.5 Å². The maximum absolute atomic E-state index is 12.3. The summed E-state index contributed by atoms with van der Waals surface area (Å²) >= 11 is 0. The second-order valence-electron chi connectivity index (χ2n) is 5.63. The van der Waals surface area contributed by atoms with E-state index in [1.165, 1.54) is 6.26 Å². The van der Waals surface area contributed by atoms with Gasteiger partial charge in [-0.15, -0.1) is 0 Å². The third kappa shape index (κ3) is 4.23. The predicted molar refractivity (Wildman–Crippen MR) is 87.1 cm³/mol. The Morgan fingerprint density at radius 1 is 1.28 bits per heavy atom. The lowest BCUT2D eigenvalue weighted by Crippen LogP contribution is -2.37. The van der Waals surface area contributed by atoms with Crippen molar-refractivity contribution in [3.05, 3.63) is 54.2 Å². The quantitative estimate of drug-likeness (QED) is 0.726. The number of imide groups is 1. The molecule has 130 valence electrons. The van der Waals surface area contributed by atoms with E-state index >= 15 is 0 Å². The number of rotatable bonds is 7. The van der Waals surface area contributed by atoms with Gasteiger partial charge < -0.3 is 15.1 Å². The summed E-state index contributed by atoms with van der Waals surface area (Å²) < 4.78 is 5.14. The van der Waals surface area contributed by atoms with Crippen LogP contribution in [0.3, 0.4) is 0 Å². The fraction of sp³-hybridized carbons (Fsp3) is 0.294. The van der Waals surface area contributed by atoms with E-state index < -0.39 is 18.0 Å². The molecular formula is C17H18N4O4. The molecule has 1 aliphatic rings. The first-order valence-electron chi connectivity index (χ1n) is 7.94. The maximum atomic E-state index is 12.3. The van der Waals surface area contributed by atoms with E-state index in [4.69, 9.17) is 4.42 Å². The Labute approximate surface area is 144 Å². The lowest BCUT2D eigenvalue weighted by atomic mass is 10.2. The SMILES string of the molecule is O=C(CC1NC(=O)N(Cc2ccco2)C1=O)NCCc1ccccn1. The average Bonchev–Trinajstić information content (AvgIpc) is 3.20. The summed E-state index contributed by atoms with van der Waals surface area (Å²) in [7, 11) is 0. The Morgan fingerprint density at radius 3 is 2.88 bits per heavy atom. The minimum absolute atomic E-state index is 0.0511. The van der Waals surface area contributed by atoms with Crippen LogP contribution >= 0.6 is 0 Å². The minimum Gasteiger partial charge on any atom is -0.467 e. The van der Waals surface area contributed by atoms with Crippen LogP contribution < -0.4 is 10.6 Å². The summed E-state index contributed by atoms with van der Waals surface area (Å²) in [4.78, 5) is 41.4. The molecule has 0 aliphatic carbocycles. The molecule has 0 radical (unpaired) electrons. The van der Waals surface area contributed by atoms with E-state index in [1.807, 2.05) is 18.2 Å². The van der Waals surface area contributed by atoms with Crippen LogP contribution in [0.5, 0.6) is 0 Å². The molecule has 2 N–H and O–H groups in total. The minimum atomic E-state index is -0.850. The molecule has 0 spiro atoms. The zero-order valence-electron chi connectivity index (χ0n) is 13.5. The largest absolute Gasteiger partial charge is 0.467 e. The lowest BCUT2D eigenvalue weighted by Gasteiger charge is -2.11. The van der Waals surface area contributed by atoms with Gasteiger partial charge in [-0.25, -0.2) is 4.79 Å². The molecule has 2 aromatic heterocycles. The number of amides is 4. The number of hydrogen-bond acceptors (Lipinski definition) is 5. The van der Waals surface area contributed by atoms with Gasteiger partial charge in [0.25, 0.3) is 5.91 Å². The summed E-state index contributed by atoms with van der Waals surface area (Å²) in [6.45, 7) is 0.469. The van der Waals surface area contributed by atoms with Crippen molar-refractivity contribution in [2.75, 3.05) is 6.54 Å². The van der Waals surface area contributed by atoms with E-state index in [2.05, 4.69) is 15.6 Å². The number of hydrogen-bond donors (Lipinski definition) is 2. The maximum Gasteiger partial charge on any atom is 0.325 e. The summed E-state index contributed by atoms with van der Waals surface area (Å²) in [5, 5.41) is 5.26. The molecule has 2 aromatic rings. The standard InChI is InChI=1S/C17H18N4O4/c22-15(19-8-6-12-4-1-2-7-18-12)10-14-16(23)21(17(24)20-14)11-13-5-3-9-25-13/h1-5,7,9,14H,6,8,10-11H2,(H,19,22)(H,20,24). The van der Waals surface area contributed by atoms with Gasteiger partial charge in [0.05, 0.1) is 19.2 Å². The molecule has 4 amide bonds. The number of aromatic nitrogens is 1. The molecule has 25 heavy (non-hydrogen) atoms. The highest BCUT2D eigenvalue weighted by Gasteiger charge is 2.39. The van der Waals surface area contributed by atoms with Gasteiger partial charge in [-0.1, -0.05) is 6.07 Å². The first-order chi connectivity index (χ1) is 12.1. The molecule has 0 saturated carbocycles. The first-order valence-corrected chi connectivity index (χ1v) is 7.94. The van der Waals surface area contributed by atoms with Crippen molar-refractivity contribution in [1.82, 2.24) is 20.5 Å². The average molecular weight is 342 g/mol. The third-order valence-corrected chi connectivity index (χ3v) is 3.82. The van der Waals surface area contributed by atoms with Crippen LogP contribution in [-0.2, 0) is 22.6 Å². The van der Waals surface area contributed by atoms with Crippen molar-refractivity contribution >= 4 is 17.8 Å². The van der Waals surface area contributed by atoms with Crippen molar-refractivity contribution in [1.29, 1.82) is 0 Å². The van der Waals surface area contributed by atoms with Gasteiger partial charge in [0.15, 0.2) is 0 Å². The number of urea groups is 1. The number of nitrogens with zero attached hydrogens (tertiary/aromatic N) is 2.